The van der Waals surface area contributed by atoms with Gasteiger partial charge in [-0.3, -0.25) is 0 Å². The van der Waals surface area contributed by atoms with Gasteiger partial charge in [-0.25, -0.2) is 0 Å². The largest absolute Gasteiger partial charge is 0.493 e. The van der Waals surface area contributed by atoms with Gasteiger partial charge in [-0.1, -0.05) is 30.3 Å². The SMILES string of the molecule is CNC(c1ccc2c(c1)CCO2)C1Cc2ccccc2O1. The summed E-state index contributed by atoms with van der Waals surface area (Å²) >= 11 is 0. The molecule has 0 saturated heterocycles. The van der Waals surface area contributed by atoms with E-state index in [9.17, 15) is 0 Å². The molecule has 2 aliphatic rings. The van der Waals surface area contributed by atoms with E-state index in [1.54, 1.807) is 0 Å². The predicted molar refractivity (Wildman–Crippen MR) is 82.0 cm³/mol. The van der Waals surface area contributed by atoms with Crippen molar-refractivity contribution in [1.82, 2.24) is 5.32 Å². The van der Waals surface area contributed by atoms with E-state index in [4.69, 9.17) is 9.47 Å². The van der Waals surface area contributed by atoms with E-state index in [1.807, 2.05) is 13.1 Å². The van der Waals surface area contributed by atoms with E-state index in [-0.39, 0.29) is 12.1 Å². The van der Waals surface area contributed by atoms with Gasteiger partial charge in [0.1, 0.15) is 17.6 Å². The number of hydrogen-bond acceptors (Lipinski definition) is 3. The maximum atomic E-state index is 6.14. The molecular formula is C18H19NO2. The number of likely N-dealkylation sites (N-methyl/N-ethyl adjacent to an activating group) is 1. The Balaban J connectivity index is 1.61. The first-order valence-electron chi connectivity index (χ1n) is 7.52. The van der Waals surface area contributed by atoms with Gasteiger partial charge in [-0.15, -0.1) is 0 Å². The molecule has 2 aliphatic heterocycles. The summed E-state index contributed by atoms with van der Waals surface area (Å²) in [4.78, 5) is 0. The number of hydrogen-bond donors (Lipinski definition) is 1. The van der Waals surface area contributed by atoms with Gasteiger partial charge in [0.25, 0.3) is 0 Å². The fraction of sp³-hybridized carbons (Fsp3) is 0.333. The Hall–Kier alpha value is -2.00. The highest BCUT2D eigenvalue weighted by atomic mass is 16.5. The maximum absolute atomic E-state index is 6.14. The summed E-state index contributed by atoms with van der Waals surface area (Å²) in [5.74, 6) is 2.05. The zero-order chi connectivity index (χ0) is 14.2. The highest BCUT2D eigenvalue weighted by molar-refractivity contribution is 5.43. The van der Waals surface area contributed by atoms with Crippen LogP contribution in [0.1, 0.15) is 22.7 Å². The van der Waals surface area contributed by atoms with Crippen LogP contribution in [0.2, 0.25) is 0 Å². The van der Waals surface area contributed by atoms with Gasteiger partial charge in [0, 0.05) is 12.8 Å². The second-order valence-electron chi connectivity index (χ2n) is 5.70. The highest BCUT2D eigenvalue weighted by Gasteiger charge is 2.31. The summed E-state index contributed by atoms with van der Waals surface area (Å²) in [6.45, 7) is 0.800. The van der Waals surface area contributed by atoms with Gasteiger partial charge < -0.3 is 14.8 Å². The number of benzene rings is 2. The van der Waals surface area contributed by atoms with Crippen LogP contribution in [-0.2, 0) is 12.8 Å². The van der Waals surface area contributed by atoms with E-state index in [0.29, 0.717) is 0 Å². The second-order valence-corrected chi connectivity index (χ2v) is 5.70. The molecule has 108 valence electrons. The molecule has 1 N–H and O–H groups in total. The summed E-state index contributed by atoms with van der Waals surface area (Å²) in [6, 6.07) is 15.0. The van der Waals surface area contributed by atoms with Crippen LogP contribution in [0.15, 0.2) is 42.5 Å². The molecule has 0 aromatic heterocycles. The van der Waals surface area contributed by atoms with Crippen molar-refractivity contribution in [2.45, 2.75) is 25.0 Å². The van der Waals surface area contributed by atoms with Crippen LogP contribution in [0.4, 0.5) is 0 Å². The monoisotopic (exact) mass is 281 g/mol. The Morgan fingerprint density at radius 2 is 2.00 bits per heavy atom. The Labute approximate surface area is 124 Å². The number of fused-ring (bicyclic) bond motifs is 2. The fourth-order valence-electron chi connectivity index (χ4n) is 3.36. The molecule has 0 saturated carbocycles. The third kappa shape index (κ3) is 2.18. The first-order chi connectivity index (χ1) is 10.3. The quantitative estimate of drug-likeness (QED) is 0.938. The van der Waals surface area contributed by atoms with Crippen LogP contribution in [0.5, 0.6) is 11.5 Å². The van der Waals surface area contributed by atoms with Gasteiger partial charge >= 0.3 is 0 Å². The zero-order valence-corrected chi connectivity index (χ0v) is 12.1. The molecule has 2 heterocycles. The van der Waals surface area contributed by atoms with Crippen molar-refractivity contribution in [1.29, 1.82) is 0 Å². The molecule has 4 rings (SSSR count). The van der Waals surface area contributed by atoms with Gasteiger partial charge in [0.05, 0.1) is 12.6 Å². The number of para-hydroxylation sites is 1. The molecule has 0 bridgehead atoms. The van der Waals surface area contributed by atoms with Crippen molar-refractivity contribution in [2.75, 3.05) is 13.7 Å². The molecule has 0 spiro atoms. The number of nitrogens with one attached hydrogen (secondary N) is 1. The molecular weight excluding hydrogens is 262 g/mol. The van der Waals surface area contributed by atoms with Crippen LogP contribution in [-0.4, -0.2) is 19.8 Å². The third-order valence-electron chi connectivity index (χ3n) is 4.43. The lowest BCUT2D eigenvalue weighted by Gasteiger charge is -2.23. The van der Waals surface area contributed by atoms with Crippen molar-refractivity contribution >= 4 is 0 Å². The average molecular weight is 281 g/mol. The van der Waals surface area contributed by atoms with Crippen molar-refractivity contribution in [2.24, 2.45) is 0 Å². The first kappa shape index (κ1) is 12.7. The maximum Gasteiger partial charge on any atom is 0.123 e. The lowest BCUT2D eigenvalue weighted by Crippen LogP contribution is -2.32. The van der Waals surface area contributed by atoms with Crippen LogP contribution in [0.25, 0.3) is 0 Å². The molecule has 0 amide bonds. The van der Waals surface area contributed by atoms with E-state index in [1.165, 1.54) is 16.7 Å². The molecule has 0 radical (unpaired) electrons. The van der Waals surface area contributed by atoms with Gasteiger partial charge in [0.2, 0.25) is 0 Å². The van der Waals surface area contributed by atoms with Crippen molar-refractivity contribution in [3.63, 3.8) is 0 Å². The van der Waals surface area contributed by atoms with E-state index in [2.05, 4.69) is 41.7 Å². The Kier molecular flexibility index (Phi) is 3.08. The molecule has 3 nitrogen and oxygen atoms in total. The van der Waals surface area contributed by atoms with Crippen LogP contribution in [0, 0.1) is 0 Å². The first-order valence-corrected chi connectivity index (χ1v) is 7.52. The predicted octanol–water partition coefficient (Wildman–Crippen LogP) is 2.89. The van der Waals surface area contributed by atoms with E-state index < -0.39 is 0 Å². The molecule has 2 aromatic rings. The van der Waals surface area contributed by atoms with Gasteiger partial charge in [-0.05, 0) is 35.9 Å². The van der Waals surface area contributed by atoms with E-state index in [0.717, 1.165) is 30.9 Å². The number of rotatable bonds is 3. The lowest BCUT2D eigenvalue weighted by atomic mass is 9.96. The molecule has 2 unspecified atom stereocenters. The Morgan fingerprint density at radius 3 is 2.86 bits per heavy atom. The minimum absolute atomic E-state index is 0.146. The molecule has 2 atom stereocenters. The molecule has 21 heavy (non-hydrogen) atoms. The van der Waals surface area contributed by atoms with Crippen molar-refractivity contribution < 1.29 is 9.47 Å². The minimum Gasteiger partial charge on any atom is -0.493 e. The van der Waals surface area contributed by atoms with Crippen molar-refractivity contribution in [3.8, 4) is 11.5 Å². The molecule has 0 aliphatic carbocycles. The normalized spacial score (nSPS) is 20.3. The summed E-state index contributed by atoms with van der Waals surface area (Å²) in [7, 11) is 2.00. The van der Waals surface area contributed by atoms with Crippen LogP contribution in [0.3, 0.4) is 0 Å². The zero-order valence-electron chi connectivity index (χ0n) is 12.1. The van der Waals surface area contributed by atoms with Gasteiger partial charge in [0.15, 0.2) is 0 Å². The van der Waals surface area contributed by atoms with Crippen LogP contribution < -0.4 is 14.8 Å². The smallest absolute Gasteiger partial charge is 0.123 e. The Bertz CT molecular complexity index is 643. The average Bonchev–Trinajstić information content (AvgIpc) is 3.13. The summed E-state index contributed by atoms with van der Waals surface area (Å²) in [6.07, 6.45) is 2.11. The van der Waals surface area contributed by atoms with Crippen LogP contribution >= 0.6 is 0 Å². The van der Waals surface area contributed by atoms with E-state index >= 15 is 0 Å². The summed E-state index contributed by atoms with van der Waals surface area (Å²) in [5, 5.41) is 3.42. The minimum atomic E-state index is 0.146. The van der Waals surface area contributed by atoms with Gasteiger partial charge in [-0.2, -0.15) is 0 Å². The number of ether oxygens (including phenoxy) is 2. The fourth-order valence-corrected chi connectivity index (χ4v) is 3.36. The highest BCUT2D eigenvalue weighted by Crippen LogP contribution is 2.35. The molecule has 3 heteroatoms. The second kappa shape index (κ2) is 5.08. The molecule has 0 fully saturated rings. The molecule has 2 aromatic carbocycles. The topological polar surface area (TPSA) is 30.5 Å². The van der Waals surface area contributed by atoms with Crippen molar-refractivity contribution in [3.05, 3.63) is 59.2 Å². The summed E-state index contributed by atoms with van der Waals surface area (Å²) in [5.41, 5.74) is 3.88. The standard InChI is InChI=1S/C18H19NO2/c1-19-18(14-6-7-15-13(10-14)8-9-20-15)17-11-12-4-2-3-5-16(12)21-17/h2-7,10,17-19H,8-9,11H2,1H3. The summed E-state index contributed by atoms with van der Waals surface area (Å²) < 4.78 is 11.7. The Morgan fingerprint density at radius 1 is 1.10 bits per heavy atom. The third-order valence-corrected chi connectivity index (χ3v) is 4.43. The lowest BCUT2D eigenvalue weighted by molar-refractivity contribution is 0.183.